The van der Waals surface area contributed by atoms with Crippen LogP contribution in [0.25, 0.3) is 22.2 Å². The van der Waals surface area contributed by atoms with Crippen molar-refractivity contribution >= 4 is 34.1 Å². The maximum absolute atomic E-state index is 12.4. The van der Waals surface area contributed by atoms with Gasteiger partial charge in [0.1, 0.15) is 0 Å². The van der Waals surface area contributed by atoms with Crippen molar-refractivity contribution in [1.29, 1.82) is 0 Å². The Morgan fingerprint density at radius 2 is 1.85 bits per heavy atom. The fourth-order valence-electron chi connectivity index (χ4n) is 2.95. The highest BCUT2D eigenvalue weighted by atomic mass is 35.5. The smallest absolute Gasteiger partial charge is 0.257 e. The second kappa shape index (κ2) is 7.23. The van der Waals surface area contributed by atoms with Crippen LogP contribution in [0.2, 0.25) is 5.02 Å². The van der Waals surface area contributed by atoms with Crippen molar-refractivity contribution < 1.29 is 9.90 Å². The van der Waals surface area contributed by atoms with Crippen LogP contribution < -0.4 is 5.32 Å². The summed E-state index contributed by atoms with van der Waals surface area (Å²) in [5.41, 5.74) is 3.66. The minimum atomic E-state index is -1.31. The zero-order chi connectivity index (χ0) is 18.8. The number of hydrogen-bond donors (Lipinski definition) is 3. The molecule has 3 aromatic carbocycles. The van der Waals surface area contributed by atoms with Crippen LogP contribution in [0.3, 0.4) is 0 Å². The van der Waals surface area contributed by atoms with Crippen molar-refractivity contribution in [1.82, 2.24) is 10.2 Å². The van der Waals surface area contributed by atoms with E-state index in [9.17, 15) is 9.90 Å². The number of amides is 1. The molecule has 1 aromatic heterocycles. The molecular weight excluding hydrogens is 362 g/mol. The Hall–Kier alpha value is -3.15. The lowest BCUT2D eigenvalue weighted by molar-refractivity contribution is -0.124. The molecule has 0 spiro atoms. The van der Waals surface area contributed by atoms with Gasteiger partial charge in [-0.1, -0.05) is 54.1 Å². The van der Waals surface area contributed by atoms with E-state index in [0.717, 1.165) is 22.2 Å². The number of hydrogen-bond acceptors (Lipinski definition) is 3. The van der Waals surface area contributed by atoms with Crippen LogP contribution >= 0.6 is 11.6 Å². The summed E-state index contributed by atoms with van der Waals surface area (Å²) in [5, 5.41) is 21.8. The molecule has 27 heavy (non-hydrogen) atoms. The minimum absolute atomic E-state index is 0.439. The van der Waals surface area contributed by atoms with E-state index in [-0.39, 0.29) is 0 Å². The largest absolute Gasteiger partial charge is 0.378 e. The summed E-state index contributed by atoms with van der Waals surface area (Å²) in [4.78, 5) is 12.4. The highest BCUT2D eigenvalue weighted by molar-refractivity contribution is 6.30. The van der Waals surface area contributed by atoms with E-state index in [4.69, 9.17) is 11.6 Å². The third-order valence-electron chi connectivity index (χ3n) is 4.29. The number of aromatic amines is 1. The van der Waals surface area contributed by atoms with Gasteiger partial charge in [-0.05, 0) is 35.9 Å². The zero-order valence-corrected chi connectivity index (χ0v) is 14.9. The van der Waals surface area contributed by atoms with Crippen LogP contribution in [0.15, 0.2) is 72.8 Å². The molecule has 0 saturated carbocycles. The maximum Gasteiger partial charge on any atom is 0.257 e. The standard InChI is InChI=1S/C21H16ClN3O2/c22-15-8-4-7-14(11-15)20(26)21(27)23-16-9-10-18-17(12-16)19(25-24-18)13-5-2-1-3-6-13/h1-12,20,26H,(H,23,27)(H,24,25)/t20-/m1/s1. The van der Waals surface area contributed by atoms with Crippen LogP contribution in [0.4, 0.5) is 5.69 Å². The first-order valence-electron chi connectivity index (χ1n) is 8.40. The van der Waals surface area contributed by atoms with Crippen molar-refractivity contribution in [3.8, 4) is 11.3 Å². The number of nitrogens with zero attached hydrogens (tertiary/aromatic N) is 1. The monoisotopic (exact) mass is 377 g/mol. The molecule has 0 aliphatic carbocycles. The summed E-state index contributed by atoms with van der Waals surface area (Å²) < 4.78 is 0. The number of carbonyl (C=O) groups excluding carboxylic acids is 1. The number of aliphatic hydroxyl groups is 1. The molecule has 0 saturated heterocycles. The number of fused-ring (bicyclic) bond motifs is 1. The van der Waals surface area contributed by atoms with E-state index in [0.29, 0.717) is 16.3 Å². The Kier molecular flexibility index (Phi) is 4.62. The molecule has 0 fully saturated rings. The molecule has 5 nitrogen and oxygen atoms in total. The number of nitrogens with one attached hydrogen (secondary N) is 2. The van der Waals surface area contributed by atoms with Crippen molar-refractivity contribution in [3.63, 3.8) is 0 Å². The summed E-state index contributed by atoms with van der Waals surface area (Å²) in [7, 11) is 0. The number of anilines is 1. The van der Waals surface area contributed by atoms with Crippen molar-refractivity contribution in [2.24, 2.45) is 0 Å². The molecule has 0 radical (unpaired) electrons. The third-order valence-corrected chi connectivity index (χ3v) is 4.53. The number of benzene rings is 3. The van der Waals surface area contributed by atoms with E-state index >= 15 is 0 Å². The molecule has 1 heterocycles. The third kappa shape index (κ3) is 3.56. The molecule has 3 N–H and O–H groups in total. The van der Waals surface area contributed by atoms with Gasteiger partial charge >= 0.3 is 0 Å². The minimum Gasteiger partial charge on any atom is -0.378 e. The molecule has 6 heteroatoms. The highest BCUT2D eigenvalue weighted by Gasteiger charge is 2.18. The number of H-pyrrole nitrogens is 1. The molecule has 0 bridgehead atoms. The number of halogens is 1. The fourth-order valence-corrected chi connectivity index (χ4v) is 3.15. The Morgan fingerprint density at radius 3 is 2.63 bits per heavy atom. The Bertz CT molecular complexity index is 1110. The van der Waals surface area contributed by atoms with Crippen LogP contribution in [0, 0.1) is 0 Å². The molecular formula is C21H16ClN3O2. The summed E-state index contributed by atoms with van der Waals surface area (Å²) in [6, 6.07) is 21.8. The summed E-state index contributed by atoms with van der Waals surface area (Å²) in [5.74, 6) is -0.527. The summed E-state index contributed by atoms with van der Waals surface area (Å²) >= 11 is 5.93. The molecule has 4 aromatic rings. The van der Waals surface area contributed by atoms with Gasteiger partial charge in [0.2, 0.25) is 0 Å². The van der Waals surface area contributed by atoms with E-state index in [1.54, 1.807) is 30.3 Å². The average molecular weight is 378 g/mol. The predicted molar refractivity (Wildman–Crippen MR) is 107 cm³/mol. The van der Waals surface area contributed by atoms with Crippen LogP contribution in [-0.4, -0.2) is 21.2 Å². The van der Waals surface area contributed by atoms with Gasteiger partial charge in [-0.15, -0.1) is 0 Å². The van der Waals surface area contributed by atoms with Gasteiger partial charge in [0.15, 0.2) is 6.10 Å². The Labute approximate surface area is 160 Å². The van der Waals surface area contributed by atoms with E-state index < -0.39 is 12.0 Å². The van der Waals surface area contributed by atoms with Gasteiger partial charge in [0.25, 0.3) is 5.91 Å². The van der Waals surface area contributed by atoms with Gasteiger partial charge in [-0.25, -0.2) is 0 Å². The lowest BCUT2D eigenvalue weighted by atomic mass is 10.1. The first kappa shape index (κ1) is 17.3. The highest BCUT2D eigenvalue weighted by Crippen LogP contribution is 2.29. The Morgan fingerprint density at radius 1 is 1.04 bits per heavy atom. The molecule has 0 aliphatic heterocycles. The topological polar surface area (TPSA) is 78.0 Å². The molecule has 134 valence electrons. The molecule has 0 unspecified atom stereocenters. The maximum atomic E-state index is 12.4. The quantitative estimate of drug-likeness (QED) is 0.488. The van der Waals surface area contributed by atoms with Gasteiger partial charge in [0.05, 0.1) is 11.2 Å². The van der Waals surface area contributed by atoms with Crippen molar-refractivity contribution in [2.45, 2.75) is 6.10 Å². The summed E-state index contributed by atoms with van der Waals surface area (Å²) in [6.07, 6.45) is -1.31. The second-order valence-electron chi connectivity index (χ2n) is 6.15. The molecule has 4 rings (SSSR count). The van der Waals surface area contributed by atoms with E-state index in [2.05, 4.69) is 15.5 Å². The molecule has 1 amide bonds. The fraction of sp³-hybridized carbons (Fsp3) is 0.0476. The Balaban J connectivity index is 1.61. The van der Waals surface area contributed by atoms with Crippen LogP contribution in [-0.2, 0) is 4.79 Å². The van der Waals surface area contributed by atoms with Crippen molar-refractivity contribution in [2.75, 3.05) is 5.32 Å². The second-order valence-corrected chi connectivity index (χ2v) is 6.58. The average Bonchev–Trinajstić information content (AvgIpc) is 3.11. The van der Waals surface area contributed by atoms with Gasteiger partial charge < -0.3 is 10.4 Å². The number of aromatic nitrogens is 2. The number of rotatable bonds is 4. The molecule has 0 aliphatic rings. The van der Waals surface area contributed by atoms with Crippen molar-refractivity contribution in [3.05, 3.63) is 83.4 Å². The number of aliphatic hydroxyl groups excluding tert-OH is 1. The van der Waals surface area contributed by atoms with Gasteiger partial charge in [0, 0.05) is 21.7 Å². The van der Waals surface area contributed by atoms with Crippen LogP contribution in [0.5, 0.6) is 0 Å². The first-order valence-corrected chi connectivity index (χ1v) is 8.77. The first-order chi connectivity index (χ1) is 13.1. The normalized spacial score (nSPS) is 12.1. The SMILES string of the molecule is O=C(Nc1ccc2[nH]nc(-c3ccccc3)c2c1)[C@H](O)c1cccc(Cl)c1. The number of carbonyl (C=O) groups is 1. The lowest BCUT2D eigenvalue weighted by Gasteiger charge is -2.12. The zero-order valence-electron chi connectivity index (χ0n) is 14.2. The van der Waals surface area contributed by atoms with Gasteiger partial charge in [-0.3, -0.25) is 9.89 Å². The van der Waals surface area contributed by atoms with E-state index in [1.165, 1.54) is 0 Å². The van der Waals surface area contributed by atoms with Gasteiger partial charge in [-0.2, -0.15) is 5.10 Å². The molecule has 1 atom stereocenters. The summed E-state index contributed by atoms with van der Waals surface area (Å²) in [6.45, 7) is 0. The predicted octanol–water partition coefficient (Wildman–Crippen LogP) is 4.56. The van der Waals surface area contributed by atoms with Crippen LogP contribution in [0.1, 0.15) is 11.7 Å². The lowest BCUT2D eigenvalue weighted by Crippen LogP contribution is -2.20. The van der Waals surface area contributed by atoms with E-state index in [1.807, 2.05) is 42.5 Å².